The summed E-state index contributed by atoms with van der Waals surface area (Å²) in [5.41, 5.74) is 4.82. The fraction of sp³-hybridized carbons (Fsp3) is 0.292. The number of aliphatic hydroxyl groups is 2. The molecule has 2 atom stereocenters. The van der Waals surface area contributed by atoms with Gasteiger partial charge in [-0.2, -0.15) is 0 Å². The van der Waals surface area contributed by atoms with E-state index in [4.69, 9.17) is 0 Å². The fourth-order valence-corrected chi connectivity index (χ4v) is 3.71. The van der Waals surface area contributed by atoms with Gasteiger partial charge in [0.1, 0.15) is 5.82 Å². The first-order chi connectivity index (χ1) is 14.3. The summed E-state index contributed by atoms with van der Waals surface area (Å²) in [6.45, 7) is 1.99. The number of halogens is 1. The summed E-state index contributed by atoms with van der Waals surface area (Å²) in [7, 11) is 0. The van der Waals surface area contributed by atoms with E-state index in [-0.39, 0.29) is 41.8 Å². The van der Waals surface area contributed by atoms with Crippen LogP contribution in [0.25, 0.3) is 16.8 Å². The van der Waals surface area contributed by atoms with Gasteiger partial charge in [-0.25, -0.2) is 4.39 Å². The van der Waals surface area contributed by atoms with Gasteiger partial charge in [-0.15, -0.1) is 0 Å². The molecular weight excluding hydrogens is 408 g/mol. The van der Waals surface area contributed by atoms with E-state index in [1.54, 1.807) is 12.1 Å². The number of carbonyl (C=O) groups is 1. The second-order valence-electron chi connectivity index (χ2n) is 7.48. The maximum absolute atomic E-state index is 13.4. The van der Waals surface area contributed by atoms with Crippen molar-refractivity contribution >= 4 is 5.97 Å². The maximum Gasteiger partial charge on any atom is 1.00 e. The van der Waals surface area contributed by atoms with E-state index in [9.17, 15) is 24.5 Å². The van der Waals surface area contributed by atoms with Crippen molar-refractivity contribution in [3.8, 4) is 16.8 Å². The van der Waals surface area contributed by atoms with Crippen LogP contribution in [0.4, 0.5) is 4.39 Å². The van der Waals surface area contributed by atoms with Crippen LogP contribution in [0.15, 0.2) is 60.8 Å². The minimum atomic E-state index is -1.34. The van der Waals surface area contributed by atoms with E-state index in [1.807, 2.05) is 43.5 Å². The van der Waals surface area contributed by atoms with Crippen LogP contribution in [0.3, 0.4) is 0 Å². The van der Waals surface area contributed by atoms with Crippen LogP contribution < -0.4 is 34.7 Å². The van der Waals surface area contributed by atoms with Gasteiger partial charge in [0.15, 0.2) is 0 Å². The molecule has 0 aliphatic heterocycles. The molecule has 0 saturated heterocycles. The Kier molecular flexibility index (Phi) is 9.47. The Hall–Kier alpha value is -1.96. The molecule has 1 heterocycles. The van der Waals surface area contributed by atoms with Crippen molar-refractivity contribution in [2.24, 2.45) is 0 Å². The maximum atomic E-state index is 13.4. The van der Waals surface area contributed by atoms with Gasteiger partial charge in [0.05, 0.1) is 12.2 Å². The van der Waals surface area contributed by atoms with Crippen LogP contribution in [-0.2, 0) is 11.2 Å². The topological polar surface area (TPSA) is 85.5 Å². The number of aliphatic hydroxyl groups excluding tert-OH is 2. The third-order valence-corrected chi connectivity index (χ3v) is 5.25. The Labute approximate surface area is 203 Å². The van der Waals surface area contributed by atoms with Gasteiger partial charge in [-0.3, -0.25) is 0 Å². The summed E-state index contributed by atoms with van der Waals surface area (Å²) in [6.07, 6.45) is 0.371. The minimum Gasteiger partial charge on any atom is -0.550 e. The molecule has 2 N–H and O–H groups in total. The second kappa shape index (κ2) is 11.6. The molecule has 0 amide bonds. The number of carbonyl (C=O) groups excluding carboxylic acids is 1. The van der Waals surface area contributed by atoms with Gasteiger partial charge < -0.3 is 24.7 Å². The molecule has 5 nitrogen and oxygen atoms in total. The summed E-state index contributed by atoms with van der Waals surface area (Å²) in [5, 5.41) is 30.6. The molecule has 3 rings (SSSR count). The van der Waals surface area contributed by atoms with Gasteiger partial charge in [0.2, 0.25) is 0 Å². The number of carboxylic acid groups (broad SMARTS) is 1. The second-order valence-corrected chi connectivity index (χ2v) is 7.48. The molecule has 1 aromatic heterocycles. The van der Waals surface area contributed by atoms with E-state index in [0.29, 0.717) is 12.8 Å². The number of hydrogen-bond acceptors (Lipinski definition) is 4. The van der Waals surface area contributed by atoms with E-state index in [1.165, 1.54) is 12.1 Å². The van der Waals surface area contributed by atoms with Crippen molar-refractivity contribution in [2.75, 3.05) is 0 Å². The number of aliphatic carboxylic acids is 1. The van der Waals surface area contributed by atoms with E-state index >= 15 is 0 Å². The van der Waals surface area contributed by atoms with Crippen molar-refractivity contribution in [3.05, 3.63) is 77.9 Å². The number of benzene rings is 2. The molecule has 0 spiro atoms. The number of carboxylic acids is 1. The number of para-hydroxylation sites is 1. The summed E-state index contributed by atoms with van der Waals surface area (Å²) in [6, 6.07) is 16.1. The van der Waals surface area contributed by atoms with Crippen molar-refractivity contribution in [1.82, 2.24) is 4.57 Å². The first kappa shape index (κ1) is 25.3. The Morgan fingerprint density at radius 3 is 2.32 bits per heavy atom. The zero-order chi connectivity index (χ0) is 21.7. The van der Waals surface area contributed by atoms with Gasteiger partial charge in [0, 0.05) is 35.5 Å². The van der Waals surface area contributed by atoms with Gasteiger partial charge in [-0.05, 0) is 61.6 Å². The normalized spacial score (nSPS) is 12.8. The molecule has 0 radical (unpaired) electrons. The third kappa shape index (κ3) is 6.76. The molecular formula is C24H25FNNaO4. The predicted octanol–water partition coefficient (Wildman–Crippen LogP) is -0.220. The van der Waals surface area contributed by atoms with Gasteiger partial charge in [-0.1, -0.05) is 30.3 Å². The van der Waals surface area contributed by atoms with E-state index in [2.05, 4.69) is 4.57 Å². The van der Waals surface area contributed by atoms with Gasteiger partial charge >= 0.3 is 29.6 Å². The molecule has 158 valence electrons. The zero-order valence-corrected chi connectivity index (χ0v) is 19.8. The number of nitrogens with zero attached hydrogens (tertiary/aromatic N) is 1. The average Bonchev–Trinajstić information content (AvgIpc) is 3.03. The summed E-state index contributed by atoms with van der Waals surface area (Å²) >= 11 is 0. The van der Waals surface area contributed by atoms with Crippen molar-refractivity contribution in [2.45, 2.75) is 44.8 Å². The Bertz CT molecular complexity index is 989. The van der Waals surface area contributed by atoms with Crippen LogP contribution in [0.5, 0.6) is 0 Å². The average molecular weight is 433 g/mol. The van der Waals surface area contributed by atoms with Crippen LogP contribution in [0.2, 0.25) is 0 Å². The Balaban J connectivity index is 0.00000341. The van der Waals surface area contributed by atoms with Crippen LogP contribution in [0, 0.1) is 12.7 Å². The first-order valence-electron chi connectivity index (χ1n) is 9.93. The predicted molar refractivity (Wildman–Crippen MR) is 110 cm³/mol. The van der Waals surface area contributed by atoms with Crippen molar-refractivity contribution < 1.29 is 54.1 Å². The molecule has 0 aliphatic carbocycles. The molecule has 0 fully saturated rings. The molecule has 0 unspecified atom stereocenters. The van der Waals surface area contributed by atoms with Crippen LogP contribution in [-0.4, -0.2) is 33.0 Å². The molecule has 0 aliphatic rings. The van der Waals surface area contributed by atoms with Crippen LogP contribution >= 0.6 is 0 Å². The quantitative estimate of drug-likeness (QED) is 0.457. The number of rotatable bonds is 9. The van der Waals surface area contributed by atoms with Crippen LogP contribution in [0.1, 0.15) is 30.5 Å². The Morgan fingerprint density at radius 1 is 1.06 bits per heavy atom. The molecule has 2 aromatic carbocycles. The molecule has 31 heavy (non-hydrogen) atoms. The number of hydrogen-bond donors (Lipinski definition) is 2. The summed E-state index contributed by atoms with van der Waals surface area (Å²) in [4.78, 5) is 10.6. The smallest absolute Gasteiger partial charge is 0.550 e. The zero-order valence-electron chi connectivity index (χ0n) is 17.8. The minimum absolute atomic E-state index is 0. The fourth-order valence-electron chi connectivity index (χ4n) is 3.71. The molecule has 0 saturated carbocycles. The largest absolute Gasteiger partial charge is 1.00 e. The monoisotopic (exact) mass is 433 g/mol. The molecule has 0 bridgehead atoms. The Morgan fingerprint density at radius 2 is 1.71 bits per heavy atom. The molecule has 3 aromatic rings. The molecule has 7 heteroatoms. The van der Waals surface area contributed by atoms with Crippen molar-refractivity contribution in [3.63, 3.8) is 0 Å². The summed E-state index contributed by atoms with van der Waals surface area (Å²) in [5.74, 6) is -1.65. The summed E-state index contributed by atoms with van der Waals surface area (Å²) < 4.78 is 15.5. The van der Waals surface area contributed by atoms with Gasteiger partial charge in [0.25, 0.3) is 0 Å². The standard InChI is InChI=1S/C24H26FNO4.Na/c1-16-22(12-11-20(27)13-21(28)14-24(29)30)23(17-7-9-18(25)10-8-17)15-26(16)19-5-3-2-4-6-19;/h2-10,15,20-21,27-28H,11-14H2,1H3,(H,29,30);/q;+1/p-1/t20-,21+;/m0./s1. The van der Waals surface area contributed by atoms with E-state index < -0.39 is 24.6 Å². The van der Waals surface area contributed by atoms with E-state index in [0.717, 1.165) is 28.1 Å². The first-order valence-corrected chi connectivity index (χ1v) is 9.93. The number of aromatic nitrogens is 1. The third-order valence-electron chi connectivity index (χ3n) is 5.25. The van der Waals surface area contributed by atoms with Crippen molar-refractivity contribution in [1.29, 1.82) is 0 Å². The SMILES string of the molecule is Cc1c(CC[C@H](O)C[C@@H](O)CC(=O)[O-])c(-c2ccc(F)cc2)cn1-c1ccccc1.[Na+].